The first-order valence-electron chi connectivity index (χ1n) is 7.09. The van der Waals surface area contributed by atoms with Crippen LogP contribution in [-0.4, -0.2) is 36.6 Å². The van der Waals surface area contributed by atoms with Crippen molar-refractivity contribution in [2.24, 2.45) is 0 Å². The summed E-state index contributed by atoms with van der Waals surface area (Å²) in [4.78, 5) is 2.64. The molecule has 0 heterocycles. The Labute approximate surface area is 103 Å². The normalized spacial score (nSPS) is 13.7. The topological polar surface area (TPSA) is 15.3 Å². The van der Waals surface area contributed by atoms with E-state index in [0.29, 0.717) is 6.04 Å². The van der Waals surface area contributed by atoms with E-state index in [4.69, 9.17) is 0 Å². The van der Waals surface area contributed by atoms with Crippen molar-refractivity contribution in [3.63, 3.8) is 0 Å². The van der Waals surface area contributed by atoms with Crippen molar-refractivity contribution in [1.82, 2.24) is 10.2 Å². The molecule has 0 saturated heterocycles. The molecule has 0 rings (SSSR count). The second-order valence-corrected chi connectivity index (χ2v) is 5.11. The summed E-state index contributed by atoms with van der Waals surface area (Å²) in [5, 5.41) is 3.49. The van der Waals surface area contributed by atoms with Gasteiger partial charge in [-0.1, -0.05) is 34.1 Å². The number of hydrogen-bond donors (Lipinski definition) is 1. The van der Waals surface area contributed by atoms with Crippen molar-refractivity contribution in [3.8, 4) is 0 Å². The van der Waals surface area contributed by atoms with Gasteiger partial charge in [-0.3, -0.25) is 0 Å². The standard InChI is InChI=1S/C14H32N2/c1-6-8-11-16(14(5)7-2)12-9-10-15-13(3)4/h13-15H,6-12H2,1-5H3. The molecule has 2 heteroatoms. The van der Waals surface area contributed by atoms with Crippen LogP contribution in [0.5, 0.6) is 0 Å². The third-order valence-corrected chi connectivity index (χ3v) is 3.19. The molecule has 0 aromatic carbocycles. The first kappa shape index (κ1) is 15.9. The minimum absolute atomic E-state index is 0.618. The first-order chi connectivity index (χ1) is 7.61. The van der Waals surface area contributed by atoms with E-state index >= 15 is 0 Å². The molecule has 0 radical (unpaired) electrons. The molecule has 0 amide bonds. The molecule has 16 heavy (non-hydrogen) atoms. The van der Waals surface area contributed by atoms with Crippen LogP contribution in [0.15, 0.2) is 0 Å². The Balaban J connectivity index is 3.73. The Morgan fingerprint density at radius 2 is 1.62 bits per heavy atom. The highest BCUT2D eigenvalue weighted by molar-refractivity contribution is 4.66. The lowest BCUT2D eigenvalue weighted by molar-refractivity contribution is 0.197. The van der Waals surface area contributed by atoms with E-state index in [1.165, 1.54) is 38.8 Å². The summed E-state index contributed by atoms with van der Waals surface area (Å²) in [6, 6.07) is 1.36. The Morgan fingerprint density at radius 1 is 1.00 bits per heavy atom. The minimum Gasteiger partial charge on any atom is -0.314 e. The lowest BCUT2D eigenvalue weighted by atomic mass is 10.2. The van der Waals surface area contributed by atoms with Gasteiger partial charge in [0.2, 0.25) is 0 Å². The summed E-state index contributed by atoms with van der Waals surface area (Å²) in [7, 11) is 0. The number of nitrogens with zero attached hydrogens (tertiary/aromatic N) is 1. The van der Waals surface area contributed by atoms with Crippen LogP contribution in [0.3, 0.4) is 0 Å². The molecule has 2 nitrogen and oxygen atoms in total. The van der Waals surface area contributed by atoms with Crippen molar-refractivity contribution in [3.05, 3.63) is 0 Å². The fourth-order valence-electron chi connectivity index (χ4n) is 1.84. The van der Waals surface area contributed by atoms with E-state index in [9.17, 15) is 0 Å². The van der Waals surface area contributed by atoms with Crippen LogP contribution in [0.2, 0.25) is 0 Å². The third kappa shape index (κ3) is 8.12. The van der Waals surface area contributed by atoms with E-state index in [1.54, 1.807) is 0 Å². The van der Waals surface area contributed by atoms with Crippen molar-refractivity contribution < 1.29 is 0 Å². The maximum atomic E-state index is 3.49. The molecule has 0 aliphatic heterocycles. The Bertz CT molecular complexity index is 146. The summed E-state index contributed by atoms with van der Waals surface area (Å²) in [6.07, 6.45) is 5.17. The summed E-state index contributed by atoms with van der Waals surface area (Å²) in [5.41, 5.74) is 0. The molecular weight excluding hydrogens is 196 g/mol. The highest BCUT2D eigenvalue weighted by Gasteiger charge is 2.10. The second-order valence-electron chi connectivity index (χ2n) is 5.11. The van der Waals surface area contributed by atoms with Gasteiger partial charge in [-0.05, 0) is 45.8 Å². The smallest absolute Gasteiger partial charge is 0.00643 e. The number of unbranched alkanes of at least 4 members (excludes halogenated alkanes) is 1. The van der Waals surface area contributed by atoms with Crippen molar-refractivity contribution >= 4 is 0 Å². The predicted molar refractivity (Wildman–Crippen MR) is 74.0 cm³/mol. The molecule has 0 bridgehead atoms. The van der Waals surface area contributed by atoms with Crippen LogP contribution < -0.4 is 5.32 Å². The molecule has 0 aliphatic rings. The van der Waals surface area contributed by atoms with Gasteiger partial charge in [0, 0.05) is 12.1 Å². The molecule has 0 aromatic rings. The van der Waals surface area contributed by atoms with Crippen LogP contribution in [0.4, 0.5) is 0 Å². The molecule has 1 N–H and O–H groups in total. The zero-order valence-corrected chi connectivity index (χ0v) is 12.1. The SMILES string of the molecule is CCCCN(CCCNC(C)C)C(C)CC. The molecule has 1 atom stereocenters. The van der Waals surface area contributed by atoms with Crippen LogP contribution in [0, 0.1) is 0 Å². The fraction of sp³-hybridized carbons (Fsp3) is 1.00. The van der Waals surface area contributed by atoms with Gasteiger partial charge in [-0.15, -0.1) is 0 Å². The van der Waals surface area contributed by atoms with Crippen LogP contribution in [-0.2, 0) is 0 Å². The Kier molecular flexibility index (Phi) is 10.0. The number of rotatable bonds is 10. The van der Waals surface area contributed by atoms with Gasteiger partial charge in [0.1, 0.15) is 0 Å². The van der Waals surface area contributed by atoms with Gasteiger partial charge in [-0.25, -0.2) is 0 Å². The molecule has 0 aliphatic carbocycles. The Hall–Kier alpha value is -0.0800. The average molecular weight is 228 g/mol. The number of nitrogens with one attached hydrogen (secondary N) is 1. The second kappa shape index (κ2) is 10.1. The van der Waals surface area contributed by atoms with Gasteiger partial charge in [0.15, 0.2) is 0 Å². The molecule has 0 saturated carbocycles. The van der Waals surface area contributed by atoms with E-state index in [0.717, 1.165) is 12.6 Å². The van der Waals surface area contributed by atoms with Crippen molar-refractivity contribution in [2.75, 3.05) is 19.6 Å². The molecule has 0 fully saturated rings. The molecule has 1 unspecified atom stereocenters. The van der Waals surface area contributed by atoms with E-state index in [1.807, 2.05) is 0 Å². The summed E-state index contributed by atoms with van der Waals surface area (Å²) in [5.74, 6) is 0. The predicted octanol–water partition coefficient (Wildman–Crippen LogP) is 3.28. The fourth-order valence-corrected chi connectivity index (χ4v) is 1.84. The van der Waals surface area contributed by atoms with E-state index in [2.05, 4.69) is 44.8 Å². The van der Waals surface area contributed by atoms with E-state index in [-0.39, 0.29) is 0 Å². The van der Waals surface area contributed by atoms with Crippen LogP contribution in [0.25, 0.3) is 0 Å². The molecule has 98 valence electrons. The Morgan fingerprint density at radius 3 is 2.12 bits per heavy atom. The van der Waals surface area contributed by atoms with Gasteiger partial charge in [-0.2, -0.15) is 0 Å². The molecule has 0 spiro atoms. The molecular formula is C14H32N2. The van der Waals surface area contributed by atoms with Crippen molar-refractivity contribution in [1.29, 1.82) is 0 Å². The monoisotopic (exact) mass is 228 g/mol. The number of hydrogen-bond acceptors (Lipinski definition) is 2. The minimum atomic E-state index is 0.618. The lowest BCUT2D eigenvalue weighted by Crippen LogP contribution is -2.36. The summed E-state index contributed by atoms with van der Waals surface area (Å²) in [6.45, 7) is 15.0. The highest BCUT2D eigenvalue weighted by atomic mass is 15.1. The van der Waals surface area contributed by atoms with Gasteiger partial charge >= 0.3 is 0 Å². The quantitative estimate of drug-likeness (QED) is 0.577. The highest BCUT2D eigenvalue weighted by Crippen LogP contribution is 2.06. The largest absolute Gasteiger partial charge is 0.314 e. The third-order valence-electron chi connectivity index (χ3n) is 3.19. The maximum Gasteiger partial charge on any atom is 0.00643 e. The van der Waals surface area contributed by atoms with Crippen LogP contribution in [0.1, 0.15) is 60.3 Å². The zero-order valence-electron chi connectivity index (χ0n) is 12.1. The van der Waals surface area contributed by atoms with Gasteiger partial charge in [0.05, 0.1) is 0 Å². The van der Waals surface area contributed by atoms with Crippen molar-refractivity contribution in [2.45, 2.75) is 72.4 Å². The first-order valence-corrected chi connectivity index (χ1v) is 7.09. The summed E-state index contributed by atoms with van der Waals surface area (Å²) >= 11 is 0. The van der Waals surface area contributed by atoms with Crippen LogP contribution >= 0.6 is 0 Å². The zero-order chi connectivity index (χ0) is 12.4. The average Bonchev–Trinajstić information content (AvgIpc) is 2.26. The lowest BCUT2D eigenvalue weighted by Gasteiger charge is -2.28. The van der Waals surface area contributed by atoms with Gasteiger partial charge < -0.3 is 10.2 Å². The summed E-state index contributed by atoms with van der Waals surface area (Å²) < 4.78 is 0. The maximum absolute atomic E-state index is 3.49. The van der Waals surface area contributed by atoms with E-state index < -0.39 is 0 Å². The molecule has 0 aromatic heterocycles. The van der Waals surface area contributed by atoms with Gasteiger partial charge in [0.25, 0.3) is 0 Å².